The molecule has 0 atom stereocenters. The molecule has 0 saturated heterocycles. The molecular formula is C17H11BrO2. The van der Waals surface area contributed by atoms with Crippen molar-refractivity contribution in [2.75, 3.05) is 0 Å². The largest absolute Gasteiger partial charge is 0.478 e. The molecule has 3 rings (SSSR count). The van der Waals surface area contributed by atoms with Gasteiger partial charge in [-0.2, -0.15) is 0 Å². The summed E-state index contributed by atoms with van der Waals surface area (Å²) >= 11 is 3.32. The van der Waals surface area contributed by atoms with Crippen molar-refractivity contribution in [3.8, 4) is 11.1 Å². The van der Waals surface area contributed by atoms with E-state index in [9.17, 15) is 9.90 Å². The first-order chi connectivity index (χ1) is 9.66. The fraction of sp³-hybridized carbons (Fsp3) is 0. The van der Waals surface area contributed by atoms with Gasteiger partial charge < -0.3 is 5.11 Å². The minimum Gasteiger partial charge on any atom is -0.478 e. The van der Waals surface area contributed by atoms with Gasteiger partial charge in [0.15, 0.2) is 0 Å². The molecule has 0 bridgehead atoms. The molecule has 98 valence electrons. The second-order valence-corrected chi connectivity index (χ2v) is 5.44. The van der Waals surface area contributed by atoms with Gasteiger partial charge in [-0.15, -0.1) is 0 Å². The van der Waals surface area contributed by atoms with Crippen molar-refractivity contribution >= 4 is 32.7 Å². The van der Waals surface area contributed by atoms with Gasteiger partial charge in [-0.25, -0.2) is 4.79 Å². The van der Waals surface area contributed by atoms with Crippen LogP contribution in [0.1, 0.15) is 10.4 Å². The molecule has 0 aromatic heterocycles. The van der Waals surface area contributed by atoms with Gasteiger partial charge in [-0.3, -0.25) is 0 Å². The number of hydrogen-bond donors (Lipinski definition) is 1. The minimum absolute atomic E-state index is 0.302. The van der Waals surface area contributed by atoms with Crippen molar-refractivity contribution in [1.82, 2.24) is 0 Å². The van der Waals surface area contributed by atoms with E-state index in [0.29, 0.717) is 5.56 Å². The predicted octanol–water partition coefficient (Wildman–Crippen LogP) is 4.97. The van der Waals surface area contributed by atoms with Crippen LogP contribution in [0.4, 0.5) is 0 Å². The number of benzene rings is 3. The van der Waals surface area contributed by atoms with Gasteiger partial charge in [0.05, 0.1) is 5.56 Å². The molecule has 0 fully saturated rings. The van der Waals surface area contributed by atoms with E-state index >= 15 is 0 Å². The molecule has 3 heteroatoms. The number of carboxylic acid groups (broad SMARTS) is 1. The minimum atomic E-state index is -0.922. The molecule has 3 aromatic rings. The second-order valence-electron chi connectivity index (χ2n) is 4.52. The number of rotatable bonds is 2. The molecule has 0 aliphatic carbocycles. The van der Waals surface area contributed by atoms with Crippen molar-refractivity contribution in [2.45, 2.75) is 0 Å². The van der Waals surface area contributed by atoms with Crippen LogP contribution in [0.3, 0.4) is 0 Å². The number of carbonyl (C=O) groups is 1. The third-order valence-corrected chi connectivity index (χ3v) is 3.79. The Morgan fingerprint density at radius 2 is 1.65 bits per heavy atom. The normalized spacial score (nSPS) is 10.7. The number of hydrogen-bond acceptors (Lipinski definition) is 1. The van der Waals surface area contributed by atoms with Crippen molar-refractivity contribution < 1.29 is 9.90 Å². The monoisotopic (exact) mass is 326 g/mol. The highest BCUT2D eigenvalue weighted by molar-refractivity contribution is 9.10. The molecule has 1 N–H and O–H groups in total. The maximum absolute atomic E-state index is 11.5. The third kappa shape index (κ3) is 2.21. The topological polar surface area (TPSA) is 37.3 Å². The van der Waals surface area contributed by atoms with Crippen LogP contribution in [-0.2, 0) is 0 Å². The van der Waals surface area contributed by atoms with Gasteiger partial charge in [0.2, 0.25) is 0 Å². The zero-order valence-electron chi connectivity index (χ0n) is 10.5. The molecule has 20 heavy (non-hydrogen) atoms. The average Bonchev–Trinajstić information content (AvgIpc) is 2.46. The summed E-state index contributed by atoms with van der Waals surface area (Å²) in [6.07, 6.45) is 0. The predicted molar refractivity (Wildman–Crippen MR) is 84.0 cm³/mol. The first-order valence-electron chi connectivity index (χ1n) is 6.18. The molecule has 2 nitrogen and oxygen atoms in total. The maximum atomic E-state index is 11.5. The summed E-state index contributed by atoms with van der Waals surface area (Å²) in [5.41, 5.74) is 1.97. The van der Waals surface area contributed by atoms with E-state index in [2.05, 4.69) is 15.9 Å². The quantitative estimate of drug-likeness (QED) is 0.722. The highest BCUT2D eigenvalue weighted by atomic mass is 79.9. The standard InChI is InChI=1S/C17H11BrO2/c18-12-8-9-15(16(10-12)17(19)20)14-7-3-5-11-4-1-2-6-13(11)14/h1-10H,(H,19,20). The van der Waals surface area contributed by atoms with E-state index < -0.39 is 5.97 Å². The van der Waals surface area contributed by atoms with Gasteiger partial charge in [0.25, 0.3) is 0 Å². The van der Waals surface area contributed by atoms with Crippen LogP contribution in [0.25, 0.3) is 21.9 Å². The smallest absolute Gasteiger partial charge is 0.336 e. The van der Waals surface area contributed by atoms with Crippen molar-refractivity contribution in [3.63, 3.8) is 0 Å². The van der Waals surface area contributed by atoms with Crippen LogP contribution in [0.15, 0.2) is 65.1 Å². The lowest BCUT2D eigenvalue weighted by molar-refractivity contribution is 0.0697. The van der Waals surface area contributed by atoms with E-state index in [1.807, 2.05) is 54.6 Å². The summed E-state index contributed by atoms with van der Waals surface area (Å²) in [7, 11) is 0. The zero-order chi connectivity index (χ0) is 14.1. The first-order valence-corrected chi connectivity index (χ1v) is 6.97. The van der Waals surface area contributed by atoms with Crippen LogP contribution < -0.4 is 0 Å². The molecule has 3 aromatic carbocycles. The summed E-state index contributed by atoms with van der Waals surface area (Å²) in [5, 5.41) is 11.6. The lowest BCUT2D eigenvalue weighted by Crippen LogP contribution is -1.99. The fourth-order valence-corrected chi connectivity index (χ4v) is 2.75. The number of fused-ring (bicyclic) bond motifs is 1. The van der Waals surface area contributed by atoms with Crippen LogP contribution >= 0.6 is 15.9 Å². The lowest BCUT2D eigenvalue weighted by atomic mass is 9.95. The lowest BCUT2D eigenvalue weighted by Gasteiger charge is -2.10. The number of carboxylic acids is 1. The maximum Gasteiger partial charge on any atom is 0.336 e. The average molecular weight is 327 g/mol. The Balaban J connectivity index is 2.34. The molecule has 0 heterocycles. The van der Waals surface area contributed by atoms with Crippen LogP contribution in [0.5, 0.6) is 0 Å². The van der Waals surface area contributed by atoms with Crippen LogP contribution in [-0.4, -0.2) is 11.1 Å². The third-order valence-electron chi connectivity index (χ3n) is 3.29. The van der Waals surface area contributed by atoms with Gasteiger partial charge in [0.1, 0.15) is 0 Å². The Morgan fingerprint density at radius 1 is 0.900 bits per heavy atom. The van der Waals surface area contributed by atoms with E-state index in [1.54, 1.807) is 6.07 Å². The van der Waals surface area contributed by atoms with E-state index in [1.165, 1.54) is 0 Å². The molecule has 0 spiro atoms. The van der Waals surface area contributed by atoms with Crippen LogP contribution in [0, 0.1) is 0 Å². The van der Waals surface area contributed by atoms with Crippen LogP contribution in [0.2, 0.25) is 0 Å². The highest BCUT2D eigenvalue weighted by Crippen LogP contribution is 2.32. The van der Waals surface area contributed by atoms with E-state index in [-0.39, 0.29) is 0 Å². The Hall–Kier alpha value is -2.13. The van der Waals surface area contributed by atoms with Gasteiger partial charge in [0, 0.05) is 4.47 Å². The van der Waals surface area contributed by atoms with Gasteiger partial charge in [-0.05, 0) is 34.0 Å². The number of halogens is 1. The first kappa shape index (κ1) is 12.9. The van der Waals surface area contributed by atoms with Gasteiger partial charge >= 0.3 is 5.97 Å². The summed E-state index contributed by atoms with van der Waals surface area (Å²) in [5.74, 6) is -0.922. The summed E-state index contributed by atoms with van der Waals surface area (Å²) in [4.78, 5) is 11.5. The molecule has 0 amide bonds. The summed E-state index contributed by atoms with van der Waals surface area (Å²) in [6, 6.07) is 19.3. The van der Waals surface area contributed by atoms with Gasteiger partial charge in [-0.1, -0.05) is 64.5 Å². The Kier molecular flexibility index (Phi) is 3.28. The van der Waals surface area contributed by atoms with Crippen molar-refractivity contribution in [2.24, 2.45) is 0 Å². The Morgan fingerprint density at radius 3 is 2.45 bits per heavy atom. The molecule has 0 aliphatic heterocycles. The van der Waals surface area contributed by atoms with E-state index in [0.717, 1.165) is 26.4 Å². The zero-order valence-corrected chi connectivity index (χ0v) is 12.1. The molecule has 0 radical (unpaired) electrons. The molecular weight excluding hydrogens is 316 g/mol. The molecule has 0 unspecified atom stereocenters. The fourth-order valence-electron chi connectivity index (χ4n) is 2.39. The summed E-state index contributed by atoms with van der Waals surface area (Å²) < 4.78 is 0.763. The second kappa shape index (κ2) is 5.10. The molecule has 0 aliphatic rings. The van der Waals surface area contributed by atoms with E-state index in [4.69, 9.17) is 0 Å². The highest BCUT2D eigenvalue weighted by Gasteiger charge is 2.13. The summed E-state index contributed by atoms with van der Waals surface area (Å²) in [6.45, 7) is 0. The Labute approximate surface area is 124 Å². The van der Waals surface area contributed by atoms with Crippen molar-refractivity contribution in [3.05, 3.63) is 70.7 Å². The Bertz CT molecular complexity index is 804. The molecule has 0 saturated carbocycles. The number of aromatic carboxylic acids is 1. The SMILES string of the molecule is O=C(O)c1cc(Br)ccc1-c1cccc2ccccc12. The van der Waals surface area contributed by atoms with Crippen molar-refractivity contribution in [1.29, 1.82) is 0 Å².